The molecule has 0 radical (unpaired) electrons. The zero-order valence-corrected chi connectivity index (χ0v) is 17.5. The van der Waals surface area contributed by atoms with E-state index in [2.05, 4.69) is 15.7 Å². The Morgan fingerprint density at radius 1 is 0.844 bits per heavy atom. The van der Waals surface area contributed by atoms with Crippen molar-refractivity contribution in [3.63, 3.8) is 0 Å². The van der Waals surface area contributed by atoms with Gasteiger partial charge in [0.1, 0.15) is 6.54 Å². The third kappa shape index (κ3) is 5.49. The third-order valence-corrected chi connectivity index (χ3v) is 5.07. The number of anilines is 1. The van der Waals surface area contributed by atoms with Gasteiger partial charge in [0.25, 0.3) is 0 Å². The van der Waals surface area contributed by atoms with E-state index in [-0.39, 0.29) is 18.4 Å². The van der Waals surface area contributed by atoms with Crippen LogP contribution < -0.4 is 10.6 Å². The lowest BCUT2D eigenvalue weighted by atomic mass is 9.90. The van der Waals surface area contributed by atoms with E-state index < -0.39 is 5.92 Å². The second-order valence-corrected chi connectivity index (χ2v) is 7.42. The lowest BCUT2D eigenvalue weighted by Gasteiger charge is -2.18. The molecular weight excluding hydrogens is 400 g/mol. The summed E-state index contributed by atoms with van der Waals surface area (Å²) in [6.45, 7) is 0.502. The number of nitrogens with one attached hydrogen (secondary N) is 2. The highest BCUT2D eigenvalue weighted by Crippen LogP contribution is 2.25. The second-order valence-electron chi connectivity index (χ2n) is 7.42. The Morgan fingerprint density at radius 2 is 1.53 bits per heavy atom. The Morgan fingerprint density at radius 3 is 2.16 bits per heavy atom. The maximum absolute atomic E-state index is 13.2. The first kappa shape index (κ1) is 21.1. The average Bonchev–Trinajstić information content (AvgIpc) is 3.32. The summed E-state index contributed by atoms with van der Waals surface area (Å²) in [5.74, 6) is -0.631. The monoisotopic (exact) mass is 424 g/mol. The van der Waals surface area contributed by atoms with Crippen LogP contribution in [0, 0.1) is 0 Å². The molecule has 0 aliphatic carbocycles. The van der Waals surface area contributed by atoms with E-state index >= 15 is 0 Å². The van der Waals surface area contributed by atoms with Gasteiger partial charge in [-0.15, -0.1) is 0 Å². The normalized spacial score (nSPS) is 10.7. The first-order valence-corrected chi connectivity index (χ1v) is 10.4. The number of hydrogen-bond donors (Lipinski definition) is 2. The molecular formula is C26H24N4O2. The minimum Gasteiger partial charge on any atom is -0.351 e. The summed E-state index contributed by atoms with van der Waals surface area (Å²) in [5, 5.41) is 9.96. The Balaban J connectivity index is 1.42. The van der Waals surface area contributed by atoms with E-state index in [1.165, 1.54) is 0 Å². The van der Waals surface area contributed by atoms with Gasteiger partial charge in [-0.2, -0.15) is 5.10 Å². The van der Waals surface area contributed by atoms with Gasteiger partial charge < -0.3 is 10.6 Å². The molecule has 1 aromatic heterocycles. The van der Waals surface area contributed by atoms with Gasteiger partial charge >= 0.3 is 0 Å². The summed E-state index contributed by atoms with van der Waals surface area (Å²) >= 11 is 0. The van der Waals surface area contributed by atoms with Crippen LogP contribution in [0.3, 0.4) is 0 Å². The molecule has 3 aromatic carbocycles. The zero-order valence-electron chi connectivity index (χ0n) is 17.5. The van der Waals surface area contributed by atoms with Crippen molar-refractivity contribution in [3.8, 4) is 0 Å². The molecule has 4 aromatic rings. The third-order valence-electron chi connectivity index (χ3n) is 5.07. The molecule has 160 valence electrons. The molecule has 0 atom stereocenters. The summed E-state index contributed by atoms with van der Waals surface area (Å²) in [5.41, 5.74) is 3.46. The van der Waals surface area contributed by atoms with Crippen molar-refractivity contribution >= 4 is 17.5 Å². The SMILES string of the molecule is O=C(Cn1cccn1)Nc1cccc(CNC(=O)C(c2ccccc2)c2ccccc2)c1. The molecule has 0 aliphatic heterocycles. The molecule has 1 heterocycles. The van der Waals surface area contributed by atoms with Crippen molar-refractivity contribution in [1.29, 1.82) is 0 Å². The molecule has 32 heavy (non-hydrogen) atoms. The quantitative estimate of drug-likeness (QED) is 0.449. The van der Waals surface area contributed by atoms with E-state index in [4.69, 9.17) is 0 Å². The first-order valence-electron chi connectivity index (χ1n) is 10.4. The summed E-state index contributed by atoms with van der Waals surface area (Å²) < 4.78 is 1.56. The lowest BCUT2D eigenvalue weighted by molar-refractivity contribution is -0.122. The number of hydrogen-bond acceptors (Lipinski definition) is 3. The fourth-order valence-electron chi connectivity index (χ4n) is 3.58. The fraction of sp³-hybridized carbons (Fsp3) is 0.115. The van der Waals surface area contributed by atoms with E-state index in [0.29, 0.717) is 12.2 Å². The maximum Gasteiger partial charge on any atom is 0.246 e. The number of benzene rings is 3. The molecule has 0 saturated carbocycles. The average molecular weight is 425 g/mol. The Bertz CT molecular complexity index is 1120. The van der Waals surface area contributed by atoms with Crippen LogP contribution in [0.1, 0.15) is 22.6 Å². The van der Waals surface area contributed by atoms with Crippen LogP contribution in [0.25, 0.3) is 0 Å². The van der Waals surface area contributed by atoms with Crippen LogP contribution in [0.15, 0.2) is 103 Å². The van der Waals surface area contributed by atoms with E-state index in [0.717, 1.165) is 16.7 Å². The molecule has 0 fully saturated rings. The summed E-state index contributed by atoms with van der Waals surface area (Å²) in [6, 6.07) is 28.7. The van der Waals surface area contributed by atoms with Crippen LogP contribution in [-0.4, -0.2) is 21.6 Å². The standard InChI is InChI=1S/C26H24N4O2/c31-24(19-30-16-8-15-28-30)29-23-14-7-9-20(17-23)18-27-26(32)25(21-10-3-1-4-11-21)22-12-5-2-6-13-22/h1-17,25H,18-19H2,(H,27,32)(H,29,31). The van der Waals surface area contributed by atoms with Crippen LogP contribution in [0.4, 0.5) is 5.69 Å². The van der Waals surface area contributed by atoms with Gasteiger partial charge in [0, 0.05) is 24.6 Å². The van der Waals surface area contributed by atoms with Gasteiger partial charge in [-0.3, -0.25) is 14.3 Å². The molecule has 4 rings (SSSR count). The molecule has 0 spiro atoms. The summed E-state index contributed by atoms with van der Waals surface area (Å²) in [4.78, 5) is 25.4. The molecule has 0 saturated heterocycles. The zero-order chi connectivity index (χ0) is 22.2. The largest absolute Gasteiger partial charge is 0.351 e. The van der Waals surface area contributed by atoms with E-state index in [9.17, 15) is 9.59 Å². The number of amides is 2. The highest BCUT2D eigenvalue weighted by Gasteiger charge is 2.22. The predicted molar refractivity (Wildman–Crippen MR) is 124 cm³/mol. The molecule has 0 bridgehead atoms. The minimum absolute atomic E-state index is 0.0736. The fourth-order valence-corrected chi connectivity index (χ4v) is 3.58. The van der Waals surface area contributed by atoms with Gasteiger partial charge in [0.15, 0.2) is 0 Å². The highest BCUT2D eigenvalue weighted by molar-refractivity contribution is 5.90. The first-order chi connectivity index (χ1) is 15.7. The smallest absolute Gasteiger partial charge is 0.246 e. The van der Waals surface area contributed by atoms with Crippen LogP contribution in [-0.2, 0) is 22.7 Å². The Labute approximate surface area is 186 Å². The van der Waals surface area contributed by atoms with Crippen molar-refractivity contribution in [3.05, 3.63) is 120 Å². The van der Waals surface area contributed by atoms with Crippen molar-refractivity contribution in [2.24, 2.45) is 0 Å². The topological polar surface area (TPSA) is 76.0 Å². The molecule has 0 unspecified atom stereocenters. The van der Waals surface area contributed by atoms with E-state index in [1.54, 1.807) is 23.1 Å². The Hall–Kier alpha value is -4.19. The van der Waals surface area contributed by atoms with E-state index in [1.807, 2.05) is 84.9 Å². The Kier molecular flexibility index (Phi) is 6.72. The second kappa shape index (κ2) is 10.2. The highest BCUT2D eigenvalue weighted by atomic mass is 16.2. The molecule has 0 aliphatic rings. The number of carbonyl (C=O) groups excluding carboxylic acids is 2. The lowest BCUT2D eigenvalue weighted by Crippen LogP contribution is -2.29. The predicted octanol–water partition coefficient (Wildman–Crippen LogP) is 3.97. The molecule has 6 nitrogen and oxygen atoms in total. The molecule has 2 N–H and O–H groups in total. The van der Waals surface area contributed by atoms with Crippen molar-refractivity contribution in [2.45, 2.75) is 19.0 Å². The van der Waals surface area contributed by atoms with Crippen LogP contribution in [0.2, 0.25) is 0 Å². The van der Waals surface area contributed by atoms with Gasteiger partial charge in [-0.05, 0) is 34.9 Å². The molecule has 2 amide bonds. The number of carbonyl (C=O) groups is 2. The maximum atomic E-state index is 13.2. The number of rotatable bonds is 8. The number of aromatic nitrogens is 2. The van der Waals surface area contributed by atoms with Crippen molar-refractivity contribution < 1.29 is 9.59 Å². The van der Waals surface area contributed by atoms with Gasteiger partial charge in [-0.1, -0.05) is 72.8 Å². The van der Waals surface area contributed by atoms with Crippen molar-refractivity contribution in [2.75, 3.05) is 5.32 Å². The van der Waals surface area contributed by atoms with Gasteiger partial charge in [-0.25, -0.2) is 0 Å². The van der Waals surface area contributed by atoms with Crippen LogP contribution in [0.5, 0.6) is 0 Å². The number of nitrogens with zero attached hydrogens (tertiary/aromatic N) is 2. The van der Waals surface area contributed by atoms with Crippen molar-refractivity contribution in [1.82, 2.24) is 15.1 Å². The summed E-state index contributed by atoms with van der Waals surface area (Å²) in [7, 11) is 0. The molecule has 6 heteroatoms. The minimum atomic E-state index is -0.394. The van der Waals surface area contributed by atoms with Gasteiger partial charge in [0.2, 0.25) is 11.8 Å². The summed E-state index contributed by atoms with van der Waals surface area (Å²) in [6.07, 6.45) is 3.37. The van der Waals surface area contributed by atoms with Gasteiger partial charge in [0.05, 0.1) is 5.92 Å². The van der Waals surface area contributed by atoms with Crippen LogP contribution >= 0.6 is 0 Å².